The fourth-order valence-corrected chi connectivity index (χ4v) is 3.52. The Bertz CT molecular complexity index is 1120. The first-order chi connectivity index (χ1) is 14.2. The van der Waals surface area contributed by atoms with E-state index >= 15 is 4.39 Å². The SMILES string of the molecule is CC[C@@H](NC(=O)c1ccc2c(ncn2Cc2ccccc2)c1F)c1ccccc1. The van der Waals surface area contributed by atoms with E-state index in [4.69, 9.17) is 0 Å². The summed E-state index contributed by atoms with van der Waals surface area (Å²) >= 11 is 0. The first-order valence-electron chi connectivity index (χ1n) is 9.70. The number of halogens is 1. The summed E-state index contributed by atoms with van der Waals surface area (Å²) in [7, 11) is 0. The topological polar surface area (TPSA) is 46.9 Å². The van der Waals surface area contributed by atoms with Crippen molar-refractivity contribution in [1.29, 1.82) is 0 Å². The van der Waals surface area contributed by atoms with Crippen LogP contribution in [-0.4, -0.2) is 15.5 Å². The van der Waals surface area contributed by atoms with Crippen LogP contribution in [0.15, 0.2) is 79.1 Å². The highest BCUT2D eigenvalue weighted by Crippen LogP contribution is 2.23. The number of imidazole rings is 1. The molecule has 1 atom stereocenters. The summed E-state index contributed by atoms with van der Waals surface area (Å²) in [5.41, 5.74) is 2.98. The summed E-state index contributed by atoms with van der Waals surface area (Å²) < 4.78 is 17.0. The molecule has 1 amide bonds. The van der Waals surface area contributed by atoms with Crippen molar-refractivity contribution in [2.24, 2.45) is 0 Å². The summed E-state index contributed by atoms with van der Waals surface area (Å²) in [6, 6.07) is 22.7. The highest BCUT2D eigenvalue weighted by atomic mass is 19.1. The highest BCUT2D eigenvalue weighted by molar-refractivity contribution is 5.98. The molecule has 0 unspecified atom stereocenters. The molecule has 5 heteroatoms. The minimum atomic E-state index is -0.588. The van der Waals surface area contributed by atoms with Gasteiger partial charge in [-0.05, 0) is 29.7 Å². The second-order valence-electron chi connectivity index (χ2n) is 7.00. The number of nitrogens with one attached hydrogen (secondary N) is 1. The van der Waals surface area contributed by atoms with Crippen molar-refractivity contribution in [2.45, 2.75) is 25.9 Å². The molecule has 0 bridgehead atoms. The van der Waals surface area contributed by atoms with Crippen LogP contribution in [0, 0.1) is 5.82 Å². The maximum absolute atomic E-state index is 15.1. The van der Waals surface area contributed by atoms with E-state index < -0.39 is 11.7 Å². The Balaban J connectivity index is 1.60. The number of amides is 1. The monoisotopic (exact) mass is 387 g/mol. The van der Waals surface area contributed by atoms with Crippen LogP contribution in [0.4, 0.5) is 4.39 Å². The zero-order chi connectivity index (χ0) is 20.2. The molecule has 3 aromatic carbocycles. The van der Waals surface area contributed by atoms with Crippen LogP contribution in [-0.2, 0) is 6.54 Å². The quantitative estimate of drug-likeness (QED) is 0.500. The van der Waals surface area contributed by atoms with E-state index in [0.29, 0.717) is 18.5 Å². The third-order valence-corrected chi connectivity index (χ3v) is 5.09. The van der Waals surface area contributed by atoms with Gasteiger partial charge in [-0.15, -0.1) is 0 Å². The number of carbonyl (C=O) groups is 1. The molecule has 0 spiro atoms. The van der Waals surface area contributed by atoms with Gasteiger partial charge in [0.15, 0.2) is 5.82 Å². The predicted molar refractivity (Wildman–Crippen MR) is 112 cm³/mol. The Morgan fingerprint density at radius 1 is 1.03 bits per heavy atom. The van der Waals surface area contributed by atoms with Crippen LogP contribution in [0.5, 0.6) is 0 Å². The molecule has 0 saturated heterocycles. The summed E-state index contributed by atoms with van der Waals surface area (Å²) in [5, 5.41) is 2.94. The summed E-state index contributed by atoms with van der Waals surface area (Å²) in [4.78, 5) is 17.0. The molecule has 4 rings (SSSR count). The van der Waals surface area contributed by atoms with Gasteiger partial charge < -0.3 is 9.88 Å². The fraction of sp³-hybridized carbons (Fsp3) is 0.167. The lowest BCUT2D eigenvalue weighted by molar-refractivity contribution is 0.0931. The molecule has 29 heavy (non-hydrogen) atoms. The van der Waals surface area contributed by atoms with E-state index in [-0.39, 0.29) is 17.1 Å². The minimum absolute atomic E-state index is 0.0110. The van der Waals surface area contributed by atoms with Gasteiger partial charge in [-0.25, -0.2) is 9.37 Å². The molecule has 146 valence electrons. The molecule has 4 nitrogen and oxygen atoms in total. The minimum Gasteiger partial charge on any atom is -0.345 e. The van der Waals surface area contributed by atoms with Gasteiger partial charge in [0.05, 0.1) is 23.4 Å². The van der Waals surface area contributed by atoms with Crippen LogP contribution < -0.4 is 5.32 Å². The smallest absolute Gasteiger partial charge is 0.254 e. The number of aromatic nitrogens is 2. The zero-order valence-corrected chi connectivity index (χ0v) is 16.2. The van der Waals surface area contributed by atoms with E-state index in [9.17, 15) is 4.79 Å². The van der Waals surface area contributed by atoms with Gasteiger partial charge in [0.2, 0.25) is 0 Å². The van der Waals surface area contributed by atoms with Gasteiger partial charge in [-0.3, -0.25) is 4.79 Å². The molecular weight excluding hydrogens is 365 g/mol. The number of hydrogen-bond acceptors (Lipinski definition) is 2. The molecule has 1 heterocycles. The van der Waals surface area contributed by atoms with Gasteiger partial charge in [-0.1, -0.05) is 67.6 Å². The van der Waals surface area contributed by atoms with Crippen LogP contribution >= 0.6 is 0 Å². The second kappa shape index (κ2) is 8.27. The van der Waals surface area contributed by atoms with Crippen LogP contribution in [0.1, 0.15) is 40.9 Å². The van der Waals surface area contributed by atoms with Crippen LogP contribution in [0.3, 0.4) is 0 Å². The van der Waals surface area contributed by atoms with Crippen molar-refractivity contribution in [3.05, 3.63) is 102 Å². The molecular formula is C24H22FN3O. The van der Waals surface area contributed by atoms with Crippen molar-refractivity contribution < 1.29 is 9.18 Å². The average Bonchev–Trinajstić information content (AvgIpc) is 3.17. The maximum Gasteiger partial charge on any atom is 0.254 e. The first-order valence-corrected chi connectivity index (χ1v) is 9.70. The summed E-state index contributed by atoms with van der Waals surface area (Å²) in [6.07, 6.45) is 2.33. The zero-order valence-electron chi connectivity index (χ0n) is 16.2. The molecule has 0 aliphatic rings. The average molecular weight is 387 g/mol. The number of nitrogens with zero attached hydrogens (tertiary/aromatic N) is 2. The van der Waals surface area contributed by atoms with E-state index in [1.54, 1.807) is 12.4 Å². The summed E-state index contributed by atoms with van der Waals surface area (Å²) in [6.45, 7) is 2.58. The third-order valence-electron chi connectivity index (χ3n) is 5.09. The first kappa shape index (κ1) is 18.9. The lowest BCUT2D eigenvalue weighted by Gasteiger charge is -2.17. The van der Waals surface area contributed by atoms with Gasteiger partial charge in [0, 0.05) is 6.54 Å². The number of hydrogen-bond donors (Lipinski definition) is 1. The number of carbonyl (C=O) groups excluding carboxylic acids is 1. The van der Waals surface area contributed by atoms with Gasteiger partial charge in [0.25, 0.3) is 5.91 Å². The van der Waals surface area contributed by atoms with E-state index in [1.165, 1.54) is 6.07 Å². The number of fused-ring (bicyclic) bond motifs is 1. The maximum atomic E-state index is 15.1. The molecule has 4 aromatic rings. The third kappa shape index (κ3) is 3.90. The Morgan fingerprint density at radius 3 is 2.41 bits per heavy atom. The summed E-state index contributed by atoms with van der Waals surface area (Å²) in [5.74, 6) is -1.02. The molecule has 1 N–H and O–H groups in total. The van der Waals surface area contributed by atoms with Crippen LogP contribution in [0.2, 0.25) is 0 Å². The Morgan fingerprint density at radius 2 is 1.72 bits per heavy atom. The Hall–Kier alpha value is -3.47. The molecule has 1 aromatic heterocycles. The van der Waals surface area contributed by atoms with Gasteiger partial charge in [-0.2, -0.15) is 0 Å². The number of benzene rings is 3. The van der Waals surface area contributed by atoms with Gasteiger partial charge >= 0.3 is 0 Å². The Kier molecular flexibility index (Phi) is 5.38. The van der Waals surface area contributed by atoms with E-state index in [1.807, 2.05) is 72.2 Å². The highest BCUT2D eigenvalue weighted by Gasteiger charge is 2.20. The predicted octanol–water partition coefficient (Wildman–Crippen LogP) is 5.10. The fourth-order valence-electron chi connectivity index (χ4n) is 3.52. The van der Waals surface area contributed by atoms with E-state index in [0.717, 1.165) is 11.1 Å². The van der Waals surface area contributed by atoms with Gasteiger partial charge in [0.1, 0.15) is 5.52 Å². The number of rotatable bonds is 6. The normalized spacial score (nSPS) is 12.1. The van der Waals surface area contributed by atoms with Crippen LogP contribution in [0.25, 0.3) is 11.0 Å². The molecule has 0 aliphatic heterocycles. The molecule has 0 radical (unpaired) electrons. The largest absolute Gasteiger partial charge is 0.345 e. The van der Waals surface area contributed by atoms with Crippen molar-refractivity contribution in [1.82, 2.24) is 14.9 Å². The Labute approximate surface area is 169 Å². The van der Waals surface area contributed by atoms with Crippen molar-refractivity contribution >= 4 is 16.9 Å². The second-order valence-corrected chi connectivity index (χ2v) is 7.00. The standard InChI is InChI=1S/C24H22FN3O/c1-2-20(18-11-7-4-8-12-18)27-24(29)19-13-14-21-23(22(19)25)26-16-28(21)15-17-9-5-3-6-10-17/h3-14,16,20H,2,15H2,1H3,(H,27,29)/t20-/m1/s1. The van der Waals surface area contributed by atoms with Crippen molar-refractivity contribution in [3.8, 4) is 0 Å². The lowest BCUT2D eigenvalue weighted by Crippen LogP contribution is -2.28. The van der Waals surface area contributed by atoms with Crippen molar-refractivity contribution in [2.75, 3.05) is 0 Å². The molecule has 0 saturated carbocycles. The van der Waals surface area contributed by atoms with E-state index in [2.05, 4.69) is 10.3 Å². The molecule has 0 fully saturated rings. The van der Waals surface area contributed by atoms with Crippen molar-refractivity contribution in [3.63, 3.8) is 0 Å². The molecule has 0 aliphatic carbocycles. The lowest BCUT2D eigenvalue weighted by atomic mass is 10.0.